The molecule has 0 aliphatic carbocycles. The Kier molecular flexibility index (Phi) is 4.07. The molecule has 0 aliphatic heterocycles. The van der Waals surface area contributed by atoms with Gasteiger partial charge in [-0.2, -0.15) is 0 Å². The summed E-state index contributed by atoms with van der Waals surface area (Å²) < 4.78 is 5.67. The van der Waals surface area contributed by atoms with Crippen LogP contribution in [0.3, 0.4) is 0 Å². The summed E-state index contributed by atoms with van der Waals surface area (Å²) in [6.07, 6.45) is 2.96. The lowest BCUT2D eigenvalue weighted by Crippen LogP contribution is -1.86. The molecule has 0 fully saturated rings. The number of halogens is 2. The summed E-state index contributed by atoms with van der Waals surface area (Å²) >= 11 is 12.6. The second-order valence-electron chi connectivity index (χ2n) is 6.22. The van der Waals surface area contributed by atoms with Gasteiger partial charge in [-0.05, 0) is 54.8 Å². The van der Waals surface area contributed by atoms with Gasteiger partial charge in [-0.1, -0.05) is 59.1 Å². The molecule has 0 N–H and O–H groups in total. The van der Waals surface area contributed by atoms with Gasteiger partial charge in [-0.25, -0.2) is 0 Å². The molecule has 123 valence electrons. The zero-order valence-electron chi connectivity index (χ0n) is 13.9. The van der Waals surface area contributed by atoms with Crippen molar-refractivity contribution in [2.75, 3.05) is 0 Å². The molecule has 3 aromatic carbocycles. The Balaban J connectivity index is 2.03. The Labute approximate surface area is 156 Å². The van der Waals surface area contributed by atoms with E-state index in [9.17, 15) is 0 Å². The van der Waals surface area contributed by atoms with Gasteiger partial charge in [0.1, 0.15) is 5.58 Å². The van der Waals surface area contributed by atoms with Gasteiger partial charge in [0.15, 0.2) is 6.26 Å². The van der Waals surface area contributed by atoms with Crippen LogP contribution in [0.5, 0.6) is 0 Å². The molecule has 0 unspecified atom stereocenters. The average molecular weight is 366 g/mol. The number of aryl methyl sites for hydroxylation is 2. The van der Waals surface area contributed by atoms with Gasteiger partial charge in [0.2, 0.25) is 0 Å². The molecule has 0 aliphatic rings. The van der Waals surface area contributed by atoms with Crippen LogP contribution in [0.4, 0.5) is 0 Å². The largest absolute Gasteiger partial charge is 0.452 e. The Morgan fingerprint density at radius 1 is 0.840 bits per heavy atom. The van der Waals surface area contributed by atoms with Gasteiger partial charge in [0, 0.05) is 26.6 Å². The Morgan fingerprint density at radius 2 is 1.68 bits per heavy atom. The standard InChI is InChI=1S/C22H15Cl2O/c1-13-4-3-5-15(8-13)16-9-19(18-7-6-17(23)11-20(18)24)22-14(2)12-25-21(22)10-16/h3-11H,1-2H3. The van der Waals surface area contributed by atoms with Gasteiger partial charge < -0.3 is 4.42 Å². The van der Waals surface area contributed by atoms with E-state index in [2.05, 4.69) is 49.6 Å². The SMILES string of the molecule is Cc1cccc(-c2cc(-c3ccc(Cl)cc3Cl)c3c(C)[c]oc3c2)c1. The van der Waals surface area contributed by atoms with Gasteiger partial charge in [-0.15, -0.1) is 0 Å². The molecule has 1 radical (unpaired) electrons. The topological polar surface area (TPSA) is 13.1 Å². The van der Waals surface area contributed by atoms with Crippen molar-refractivity contribution in [2.45, 2.75) is 13.8 Å². The molecule has 0 saturated carbocycles. The summed E-state index contributed by atoms with van der Waals surface area (Å²) in [6, 6.07) is 18.2. The lowest BCUT2D eigenvalue weighted by molar-refractivity contribution is 0.603. The highest BCUT2D eigenvalue weighted by molar-refractivity contribution is 6.36. The smallest absolute Gasteiger partial charge is 0.173 e. The predicted molar refractivity (Wildman–Crippen MR) is 105 cm³/mol. The highest BCUT2D eigenvalue weighted by Crippen LogP contribution is 2.40. The van der Waals surface area contributed by atoms with Gasteiger partial charge in [0.25, 0.3) is 0 Å². The summed E-state index contributed by atoms with van der Waals surface area (Å²) in [5, 5.41) is 2.27. The molecule has 0 saturated heterocycles. The molecule has 25 heavy (non-hydrogen) atoms. The van der Waals surface area contributed by atoms with E-state index >= 15 is 0 Å². The lowest BCUT2D eigenvalue weighted by atomic mass is 9.94. The maximum absolute atomic E-state index is 6.48. The molecule has 4 aromatic rings. The second-order valence-corrected chi connectivity index (χ2v) is 7.06. The van der Waals surface area contributed by atoms with Crippen LogP contribution in [0.15, 0.2) is 59.0 Å². The monoisotopic (exact) mass is 365 g/mol. The first-order valence-corrected chi connectivity index (χ1v) is 8.76. The molecule has 0 amide bonds. The second kappa shape index (κ2) is 6.25. The summed E-state index contributed by atoms with van der Waals surface area (Å²) in [6.45, 7) is 4.08. The average Bonchev–Trinajstić information content (AvgIpc) is 2.96. The van der Waals surface area contributed by atoms with E-state index in [0.29, 0.717) is 10.0 Å². The minimum absolute atomic E-state index is 0.621. The van der Waals surface area contributed by atoms with E-state index in [1.165, 1.54) is 5.56 Å². The number of furan rings is 1. The molecular formula is C22H15Cl2O. The Morgan fingerprint density at radius 3 is 2.44 bits per heavy atom. The van der Waals surface area contributed by atoms with Crippen LogP contribution >= 0.6 is 23.2 Å². The first-order chi connectivity index (χ1) is 12.0. The molecule has 0 spiro atoms. The van der Waals surface area contributed by atoms with Crippen LogP contribution in [0.2, 0.25) is 10.0 Å². The molecule has 0 atom stereocenters. The van der Waals surface area contributed by atoms with E-state index in [-0.39, 0.29) is 0 Å². The summed E-state index contributed by atoms with van der Waals surface area (Å²) in [5.74, 6) is 0. The number of hydrogen-bond donors (Lipinski definition) is 0. The van der Waals surface area contributed by atoms with Crippen molar-refractivity contribution in [3.8, 4) is 22.3 Å². The minimum Gasteiger partial charge on any atom is -0.452 e. The minimum atomic E-state index is 0.621. The third-order valence-corrected chi connectivity index (χ3v) is 4.91. The van der Waals surface area contributed by atoms with E-state index in [1.54, 1.807) is 6.07 Å². The quantitative estimate of drug-likeness (QED) is 0.358. The fourth-order valence-electron chi connectivity index (χ4n) is 3.18. The van der Waals surface area contributed by atoms with Crippen LogP contribution in [0.1, 0.15) is 11.1 Å². The van der Waals surface area contributed by atoms with E-state index in [0.717, 1.165) is 38.8 Å². The maximum atomic E-state index is 6.48. The third-order valence-electron chi connectivity index (χ3n) is 4.36. The zero-order chi connectivity index (χ0) is 17.6. The number of hydrogen-bond acceptors (Lipinski definition) is 1. The van der Waals surface area contributed by atoms with Crippen molar-refractivity contribution < 1.29 is 4.42 Å². The molecule has 4 rings (SSSR count). The molecule has 1 aromatic heterocycles. The number of fused-ring (bicyclic) bond motifs is 1. The van der Waals surface area contributed by atoms with E-state index in [4.69, 9.17) is 27.6 Å². The predicted octanol–water partition coefficient (Wildman–Crippen LogP) is 7.49. The zero-order valence-corrected chi connectivity index (χ0v) is 15.4. The van der Waals surface area contributed by atoms with Gasteiger partial charge in [0.05, 0.1) is 0 Å². The van der Waals surface area contributed by atoms with Crippen LogP contribution in [0, 0.1) is 20.1 Å². The number of rotatable bonds is 2. The molecular weight excluding hydrogens is 351 g/mol. The normalized spacial score (nSPS) is 11.2. The highest BCUT2D eigenvalue weighted by atomic mass is 35.5. The van der Waals surface area contributed by atoms with Crippen molar-refractivity contribution >= 4 is 34.2 Å². The third kappa shape index (κ3) is 2.95. The summed E-state index contributed by atoms with van der Waals surface area (Å²) in [5.41, 5.74) is 7.17. The van der Waals surface area contributed by atoms with Crippen molar-refractivity contribution in [2.24, 2.45) is 0 Å². The Bertz CT molecular complexity index is 1090. The maximum Gasteiger partial charge on any atom is 0.173 e. The van der Waals surface area contributed by atoms with Gasteiger partial charge in [-0.3, -0.25) is 0 Å². The van der Waals surface area contributed by atoms with Crippen LogP contribution in [0.25, 0.3) is 33.2 Å². The Hall–Kier alpha value is -2.22. The van der Waals surface area contributed by atoms with Crippen molar-refractivity contribution in [1.82, 2.24) is 0 Å². The van der Waals surface area contributed by atoms with Crippen LogP contribution in [-0.4, -0.2) is 0 Å². The van der Waals surface area contributed by atoms with E-state index < -0.39 is 0 Å². The van der Waals surface area contributed by atoms with Crippen LogP contribution in [-0.2, 0) is 0 Å². The lowest BCUT2D eigenvalue weighted by Gasteiger charge is -2.11. The van der Waals surface area contributed by atoms with Crippen molar-refractivity contribution in [3.63, 3.8) is 0 Å². The van der Waals surface area contributed by atoms with Gasteiger partial charge >= 0.3 is 0 Å². The highest BCUT2D eigenvalue weighted by Gasteiger charge is 2.15. The molecule has 3 heteroatoms. The first kappa shape index (κ1) is 16.3. The summed E-state index contributed by atoms with van der Waals surface area (Å²) in [7, 11) is 0. The number of benzene rings is 3. The molecule has 1 heterocycles. The molecule has 0 bridgehead atoms. The molecule has 1 nitrogen and oxygen atoms in total. The van der Waals surface area contributed by atoms with Crippen molar-refractivity contribution in [1.29, 1.82) is 0 Å². The fourth-order valence-corrected chi connectivity index (χ4v) is 3.69. The first-order valence-electron chi connectivity index (χ1n) is 8.00. The summed E-state index contributed by atoms with van der Waals surface area (Å²) in [4.78, 5) is 0. The van der Waals surface area contributed by atoms with Crippen LogP contribution < -0.4 is 0 Å². The fraction of sp³-hybridized carbons (Fsp3) is 0.0909. The van der Waals surface area contributed by atoms with Crippen molar-refractivity contribution in [3.05, 3.63) is 82.0 Å². The van der Waals surface area contributed by atoms with E-state index in [1.807, 2.05) is 19.1 Å².